The summed E-state index contributed by atoms with van der Waals surface area (Å²) < 4.78 is 0. The first-order valence-corrected chi connectivity index (χ1v) is 3.47. The third-order valence-corrected chi connectivity index (χ3v) is 2.18. The van der Waals surface area contributed by atoms with Crippen LogP contribution >= 0.6 is 0 Å². The minimum Gasteiger partial charge on any atom is -0.265 e. The van der Waals surface area contributed by atoms with Crippen molar-refractivity contribution in [2.75, 3.05) is 0 Å². The van der Waals surface area contributed by atoms with Crippen molar-refractivity contribution in [2.24, 2.45) is 10.2 Å². The van der Waals surface area contributed by atoms with E-state index in [1.807, 2.05) is 12.2 Å². The molecule has 0 aromatic rings. The minimum absolute atomic E-state index is 0.172. The van der Waals surface area contributed by atoms with Crippen LogP contribution in [-0.4, -0.2) is 5.91 Å². The highest BCUT2D eigenvalue weighted by atomic mass is 16.2. The van der Waals surface area contributed by atoms with Crippen molar-refractivity contribution in [3.8, 4) is 0 Å². The van der Waals surface area contributed by atoms with Gasteiger partial charge in [0.15, 0.2) is 0 Å². The van der Waals surface area contributed by atoms with Crippen molar-refractivity contribution in [1.29, 1.82) is 0 Å². The predicted octanol–water partition coefficient (Wildman–Crippen LogP) is 1.50. The van der Waals surface area contributed by atoms with E-state index in [1.54, 1.807) is 0 Å². The van der Waals surface area contributed by atoms with Crippen molar-refractivity contribution in [3.63, 3.8) is 0 Å². The molecule has 3 heteroatoms. The van der Waals surface area contributed by atoms with Gasteiger partial charge in [0.05, 0.1) is 5.57 Å². The maximum atomic E-state index is 11.1. The molecule has 52 valence electrons. The van der Waals surface area contributed by atoms with Gasteiger partial charge in [0.2, 0.25) is 0 Å². The molecular weight excluding hydrogens is 140 g/mol. The first kappa shape index (κ1) is 5.18. The molecule has 0 saturated carbocycles. The largest absolute Gasteiger partial charge is 0.297 e. The molecule has 0 radical (unpaired) electrons. The number of allylic oxidation sites excluding steroid dienone is 4. The number of amides is 1. The maximum Gasteiger partial charge on any atom is 0.297 e. The second kappa shape index (κ2) is 1.39. The minimum atomic E-state index is -0.172. The number of hydrogen-bond donors (Lipinski definition) is 0. The van der Waals surface area contributed by atoms with Crippen LogP contribution in [0.1, 0.15) is 6.42 Å². The molecule has 1 heterocycles. The van der Waals surface area contributed by atoms with Crippen LogP contribution in [0, 0.1) is 0 Å². The zero-order chi connectivity index (χ0) is 7.42. The van der Waals surface area contributed by atoms with Crippen molar-refractivity contribution in [3.05, 3.63) is 34.6 Å². The normalized spacial score (nSPS) is 24.5. The lowest BCUT2D eigenvalue weighted by Crippen LogP contribution is -1.94. The Labute approximate surface area is 62.8 Å². The summed E-state index contributed by atoms with van der Waals surface area (Å²) in [4.78, 5) is 11.1. The van der Waals surface area contributed by atoms with Crippen LogP contribution < -0.4 is 0 Å². The standard InChI is InChI=1S/C8H4N2O/c11-8-6-4-1-2-5(3-4)7(6)9-10-8/h1-2H,3H2. The molecule has 0 atom stereocenters. The van der Waals surface area contributed by atoms with Gasteiger partial charge in [0.25, 0.3) is 5.91 Å². The molecule has 11 heavy (non-hydrogen) atoms. The summed E-state index contributed by atoms with van der Waals surface area (Å²) >= 11 is 0. The summed E-state index contributed by atoms with van der Waals surface area (Å²) in [6.07, 6.45) is 4.86. The van der Waals surface area contributed by atoms with Gasteiger partial charge in [-0.3, -0.25) is 4.79 Å². The Morgan fingerprint density at radius 1 is 1.18 bits per heavy atom. The van der Waals surface area contributed by atoms with Gasteiger partial charge in [-0.15, -0.1) is 10.2 Å². The molecule has 2 bridgehead atoms. The SMILES string of the molecule is O=C1N=NC2=C3C=CC(=C12)C3. The molecule has 0 aromatic carbocycles. The van der Waals surface area contributed by atoms with Crippen LogP contribution in [0.4, 0.5) is 0 Å². The summed E-state index contributed by atoms with van der Waals surface area (Å²) in [6.45, 7) is 0. The topological polar surface area (TPSA) is 41.8 Å². The highest BCUT2D eigenvalue weighted by molar-refractivity contribution is 6.03. The number of carbonyl (C=O) groups excluding carboxylic acids is 1. The molecule has 0 spiro atoms. The van der Waals surface area contributed by atoms with E-state index in [1.165, 1.54) is 0 Å². The molecular formula is C8H4N2O. The zero-order valence-electron chi connectivity index (χ0n) is 5.66. The lowest BCUT2D eigenvalue weighted by Gasteiger charge is -1.93. The summed E-state index contributed by atoms with van der Waals surface area (Å²) in [5.41, 5.74) is 3.78. The van der Waals surface area contributed by atoms with Gasteiger partial charge in [-0.05, 0) is 11.1 Å². The first-order chi connectivity index (χ1) is 5.36. The van der Waals surface area contributed by atoms with Crippen molar-refractivity contribution in [2.45, 2.75) is 6.42 Å². The molecule has 0 unspecified atom stereocenters. The van der Waals surface area contributed by atoms with Gasteiger partial charge in [-0.25, -0.2) is 0 Å². The summed E-state index contributed by atoms with van der Waals surface area (Å²) in [5.74, 6) is -0.172. The van der Waals surface area contributed by atoms with Crippen molar-refractivity contribution < 1.29 is 4.79 Å². The van der Waals surface area contributed by atoms with Crippen LogP contribution in [0.15, 0.2) is 44.8 Å². The van der Waals surface area contributed by atoms with Crippen LogP contribution in [0.2, 0.25) is 0 Å². The van der Waals surface area contributed by atoms with Crippen LogP contribution in [0.25, 0.3) is 0 Å². The molecule has 0 saturated heterocycles. The van der Waals surface area contributed by atoms with Gasteiger partial charge in [-0.2, -0.15) is 0 Å². The summed E-state index contributed by atoms with van der Waals surface area (Å²) in [5, 5.41) is 7.30. The number of nitrogens with zero attached hydrogens (tertiary/aromatic N) is 2. The fourth-order valence-corrected chi connectivity index (χ4v) is 1.67. The van der Waals surface area contributed by atoms with E-state index < -0.39 is 0 Å². The van der Waals surface area contributed by atoms with E-state index >= 15 is 0 Å². The molecule has 0 aromatic heterocycles. The average molecular weight is 144 g/mol. The highest BCUT2D eigenvalue weighted by Crippen LogP contribution is 2.42. The third-order valence-electron chi connectivity index (χ3n) is 2.18. The number of fused-ring (bicyclic) bond motifs is 3. The van der Waals surface area contributed by atoms with E-state index in [9.17, 15) is 4.79 Å². The molecule has 1 amide bonds. The molecule has 0 N–H and O–H groups in total. The van der Waals surface area contributed by atoms with E-state index in [2.05, 4.69) is 10.2 Å². The number of hydrogen-bond acceptors (Lipinski definition) is 2. The fourth-order valence-electron chi connectivity index (χ4n) is 1.67. The number of carbonyl (C=O) groups is 1. The Bertz CT molecular complexity index is 396. The van der Waals surface area contributed by atoms with Crippen LogP contribution in [0.3, 0.4) is 0 Å². The van der Waals surface area contributed by atoms with Gasteiger partial charge >= 0.3 is 0 Å². The molecule has 1 aliphatic heterocycles. The van der Waals surface area contributed by atoms with Gasteiger partial charge < -0.3 is 0 Å². The monoisotopic (exact) mass is 144 g/mol. The Morgan fingerprint density at radius 2 is 2.00 bits per heavy atom. The molecule has 3 nitrogen and oxygen atoms in total. The molecule has 3 aliphatic rings. The third kappa shape index (κ3) is 0.441. The Balaban J connectivity index is 2.40. The Kier molecular flexibility index (Phi) is 0.656. The molecule has 3 rings (SSSR count). The highest BCUT2D eigenvalue weighted by Gasteiger charge is 2.34. The summed E-state index contributed by atoms with van der Waals surface area (Å²) in [6, 6.07) is 0. The van der Waals surface area contributed by atoms with Crippen molar-refractivity contribution >= 4 is 5.91 Å². The van der Waals surface area contributed by atoms with E-state index in [0.29, 0.717) is 0 Å². The molecule has 2 aliphatic carbocycles. The predicted molar refractivity (Wildman–Crippen MR) is 37.7 cm³/mol. The van der Waals surface area contributed by atoms with Gasteiger partial charge in [0.1, 0.15) is 5.70 Å². The smallest absolute Gasteiger partial charge is 0.265 e. The van der Waals surface area contributed by atoms with E-state index in [4.69, 9.17) is 0 Å². The lowest BCUT2D eigenvalue weighted by atomic mass is 10.1. The quantitative estimate of drug-likeness (QED) is 0.508. The fraction of sp³-hybridized carbons (Fsp3) is 0.125. The van der Waals surface area contributed by atoms with E-state index in [-0.39, 0.29) is 5.91 Å². The summed E-state index contributed by atoms with van der Waals surface area (Å²) in [7, 11) is 0. The first-order valence-electron chi connectivity index (χ1n) is 3.47. The van der Waals surface area contributed by atoms with Crippen molar-refractivity contribution in [1.82, 2.24) is 0 Å². The number of azo groups is 1. The second-order valence-corrected chi connectivity index (χ2v) is 2.79. The van der Waals surface area contributed by atoms with E-state index in [0.717, 1.165) is 28.8 Å². The average Bonchev–Trinajstić information content (AvgIpc) is 2.60. The second-order valence-electron chi connectivity index (χ2n) is 2.79. The van der Waals surface area contributed by atoms with Gasteiger partial charge in [-0.1, -0.05) is 12.2 Å². The zero-order valence-corrected chi connectivity index (χ0v) is 5.66. The van der Waals surface area contributed by atoms with Crippen LogP contribution in [-0.2, 0) is 4.79 Å². The molecule has 0 fully saturated rings. The lowest BCUT2D eigenvalue weighted by molar-refractivity contribution is -0.114. The van der Waals surface area contributed by atoms with Gasteiger partial charge in [0, 0.05) is 6.42 Å². The maximum absolute atomic E-state index is 11.1. The number of rotatable bonds is 0. The van der Waals surface area contributed by atoms with Crippen LogP contribution in [0.5, 0.6) is 0 Å². The Morgan fingerprint density at radius 3 is 2.82 bits per heavy atom. The Hall–Kier alpha value is -1.51.